The van der Waals surface area contributed by atoms with Gasteiger partial charge in [0, 0.05) is 32.7 Å². The van der Waals surface area contributed by atoms with E-state index in [1.54, 1.807) is 5.57 Å². The van der Waals surface area contributed by atoms with Crippen LogP contribution in [0.3, 0.4) is 0 Å². The van der Waals surface area contributed by atoms with Crippen molar-refractivity contribution in [1.29, 1.82) is 0 Å². The molecule has 1 N–H and O–H groups in total. The molecule has 1 aliphatic heterocycles. The first kappa shape index (κ1) is 16.0. The van der Waals surface area contributed by atoms with Crippen LogP contribution in [0.2, 0.25) is 0 Å². The molecule has 0 amide bonds. The van der Waals surface area contributed by atoms with E-state index in [1.807, 2.05) is 0 Å². The molecule has 1 unspecified atom stereocenters. The summed E-state index contributed by atoms with van der Waals surface area (Å²) in [5.41, 5.74) is 1.53. The van der Waals surface area contributed by atoms with E-state index in [-0.39, 0.29) is 5.60 Å². The zero-order valence-electron chi connectivity index (χ0n) is 13.2. The van der Waals surface area contributed by atoms with Crippen LogP contribution in [0, 0.1) is 0 Å². The molecule has 2 aliphatic rings. The van der Waals surface area contributed by atoms with Crippen LogP contribution in [-0.4, -0.2) is 38.0 Å². The van der Waals surface area contributed by atoms with Crippen molar-refractivity contribution in [1.82, 2.24) is 5.32 Å². The average molecular weight is 281 g/mol. The number of nitrogens with one attached hydrogen (secondary N) is 1. The van der Waals surface area contributed by atoms with Crippen LogP contribution >= 0.6 is 0 Å². The second-order valence-corrected chi connectivity index (χ2v) is 5.98. The van der Waals surface area contributed by atoms with E-state index in [0.29, 0.717) is 6.04 Å². The first-order valence-electron chi connectivity index (χ1n) is 8.46. The maximum absolute atomic E-state index is 6.30. The minimum absolute atomic E-state index is 0.0564. The fraction of sp³-hybridized carbons (Fsp3) is 0.882. The van der Waals surface area contributed by atoms with Gasteiger partial charge in [-0.25, -0.2) is 0 Å². The van der Waals surface area contributed by atoms with Crippen molar-refractivity contribution in [3.63, 3.8) is 0 Å². The Kier molecular flexibility index (Phi) is 6.53. The van der Waals surface area contributed by atoms with Crippen molar-refractivity contribution in [2.45, 2.75) is 70.4 Å². The molecule has 3 heteroatoms. The number of hydrogen-bond donors (Lipinski definition) is 1. The fourth-order valence-electron chi connectivity index (χ4n) is 3.68. The standard InChI is InChI=1S/C17H31NO2/c1-3-18-16(15-9-7-5-6-8-10-15)17(20-4-2)11-13-19-14-12-17/h9,16,18H,3-8,10-14H2,1-2H3. The molecule has 1 saturated heterocycles. The number of ether oxygens (including phenoxy) is 2. The maximum atomic E-state index is 6.30. The van der Waals surface area contributed by atoms with E-state index in [9.17, 15) is 0 Å². The molecule has 116 valence electrons. The molecule has 20 heavy (non-hydrogen) atoms. The van der Waals surface area contributed by atoms with Gasteiger partial charge >= 0.3 is 0 Å². The Balaban J connectivity index is 2.20. The third-order valence-electron chi connectivity index (χ3n) is 4.65. The van der Waals surface area contributed by atoms with Gasteiger partial charge in [0.25, 0.3) is 0 Å². The van der Waals surface area contributed by atoms with Gasteiger partial charge in [-0.2, -0.15) is 0 Å². The molecular weight excluding hydrogens is 250 g/mol. The molecule has 0 saturated carbocycles. The lowest BCUT2D eigenvalue weighted by Gasteiger charge is -2.44. The van der Waals surface area contributed by atoms with Crippen LogP contribution in [0.1, 0.15) is 58.8 Å². The molecule has 1 atom stereocenters. The van der Waals surface area contributed by atoms with Crippen LogP contribution in [0.4, 0.5) is 0 Å². The van der Waals surface area contributed by atoms with E-state index in [4.69, 9.17) is 9.47 Å². The lowest BCUT2D eigenvalue weighted by molar-refractivity contribution is -0.120. The highest BCUT2D eigenvalue weighted by molar-refractivity contribution is 5.19. The first-order chi connectivity index (χ1) is 9.82. The second kappa shape index (κ2) is 8.16. The Labute approximate surface area is 124 Å². The molecular formula is C17H31NO2. The largest absolute Gasteiger partial charge is 0.381 e. The van der Waals surface area contributed by atoms with Crippen molar-refractivity contribution in [2.24, 2.45) is 0 Å². The zero-order chi connectivity index (χ0) is 14.3. The minimum atomic E-state index is -0.0564. The lowest BCUT2D eigenvalue weighted by Crippen LogP contribution is -2.56. The van der Waals surface area contributed by atoms with Crippen molar-refractivity contribution in [3.05, 3.63) is 11.6 Å². The van der Waals surface area contributed by atoms with Gasteiger partial charge < -0.3 is 14.8 Å². The molecule has 0 radical (unpaired) electrons. The molecule has 2 rings (SSSR count). The van der Waals surface area contributed by atoms with Gasteiger partial charge in [-0.05, 0) is 39.2 Å². The number of hydrogen-bond acceptors (Lipinski definition) is 3. The third-order valence-corrected chi connectivity index (χ3v) is 4.65. The normalized spacial score (nSPS) is 24.8. The van der Waals surface area contributed by atoms with E-state index >= 15 is 0 Å². The number of likely N-dealkylation sites (N-methyl/N-ethyl adjacent to an activating group) is 1. The zero-order valence-corrected chi connectivity index (χ0v) is 13.2. The van der Waals surface area contributed by atoms with Crippen molar-refractivity contribution >= 4 is 0 Å². The highest BCUT2D eigenvalue weighted by atomic mass is 16.5. The Hall–Kier alpha value is -0.380. The van der Waals surface area contributed by atoms with Crippen LogP contribution in [0.25, 0.3) is 0 Å². The van der Waals surface area contributed by atoms with E-state index in [1.165, 1.54) is 32.1 Å². The van der Waals surface area contributed by atoms with Gasteiger partial charge in [-0.3, -0.25) is 0 Å². The predicted molar refractivity (Wildman–Crippen MR) is 83.0 cm³/mol. The molecule has 1 aliphatic carbocycles. The summed E-state index contributed by atoms with van der Waals surface area (Å²) in [6.07, 6.45) is 11.0. The van der Waals surface area contributed by atoms with Crippen LogP contribution in [0.15, 0.2) is 11.6 Å². The van der Waals surface area contributed by atoms with E-state index in [0.717, 1.165) is 39.2 Å². The summed E-state index contributed by atoms with van der Waals surface area (Å²) < 4.78 is 11.9. The van der Waals surface area contributed by atoms with E-state index in [2.05, 4.69) is 25.2 Å². The van der Waals surface area contributed by atoms with Crippen LogP contribution in [-0.2, 0) is 9.47 Å². The second-order valence-electron chi connectivity index (χ2n) is 5.98. The molecule has 0 spiro atoms. The predicted octanol–water partition coefficient (Wildman–Crippen LogP) is 3.44. The summed E-state index contributed by atoms with van der Waals surface area (Å²) in [4.78, 5) is 0. The molecule has 0 aromatic heterocycles. The van der Waals surface area contributed by atoms with Gasteiger partial charge in [0.2, 0.25) is 0 Å². The summed E-state index contributed by atoms with van der Waals surface area (Å²) in [6.45, 7) is 7.75. The highest BCUT2D eigenvalue weighted by Gasteiger charge is 2.42. The quantitative estimate of drug-likeness (QED) is 0.757. The molecule has 1 fully saturated rings. The SMILES string of the molecule is CCNC(C1=CCCCCC1)C1(OCC)CCOCC1. The summed E-state index contributed by atoms with van der Waals surface area (Å²) in [7, 11) is 0. The van der Waals surface area contributed by atoms with Gasteiger partial charge in [-0.1, -0.05) is 25.0 Å². The monoisotopic (exact) mass is 281 g/mol. The van der Waals surface area contributed by atoms with Crippen LogP contribution in [0.5, 0.6) is 0 Å². The first-order valence-corrected chi connectivity index (χ1v) is 8.46. The van der Waals surface area contributed by atoms with Gasteiger partial charge in [-0.15, -0.1) is 0 Å². The van der Waals surface area contributed by atoms with E-state index < -0.39 is 0 Å². The Morgan fingerprint density at radius 2 is 2.05 bits per heavy atom. The Bertz CT molecular complexity index is 303. The smallest absolute Gasteiger partial charge is 0.0916 e. The fourth-order valence-corrected chi connectivity index (χ4v) is 3.68. The van der Waals surface area contributed by atoms with Crippen molar-refractivity contribution in [3.8, 4) is 0 Å². The number of allylic oxidation sites excluding steroid dienone is 1. The Morgan fingerprint density at radius 1 is 1.25 bits per heavy atom. The number of rotatable bonds is 6. The molecule has 3 nitrogen and oxygen atoms in total. The highest BCUT2D eigenvalue weighted by Crippen LogP contribution is 2.35. The molecule has 0 bridgehead atoms. The molecule has 0 aromatic carbocycles. The summed E-state index contributed by atoms with van der Waals surface area (Å²) in [5, 5.41) is 3.73. The van der Waals surface area contributed by atoms with Gasteiger partial charge in [0.1, 0.15) is 0 Å². The van der Waals surface area contributed by atoms with Crippen molar-refractivity contribution in [2.75, 3.05) is 26.4 Å². The van der Waals surface area contributed by atoms with Crippen LogP contribution < -0.4 is 5.32 Å². The Morgan fingerprint density at radius 3 is 2.75 bits per heavy atom. The van der Waals surface area contributed by atoms with Gasteiger partial charge in [0.15, 0.2) is 0 Å². The summed E-state index contributed by atoms with van der Waals surface area (Å²) >= 11 is 0. The summed E-state index contributed by atoms with van der Waals surface area (Å²) in [5.74, 6) is 0. The average Bonchev–Trinajstić information content (AvgIpc) is 2.75. The topological polar surface area (TPSA) is 30.5 Å². The molecule has 0 aromatic rings. The maximum Gasteiger partial charge on any atom is 0.0916 e. The lowest BCUT2D eigenvalue weighted by atomic mass is 9.80. The third kappa shape index (κ3) is 3.84. The minimum Gasteiger partial charge on any atom is -0.381 e. The van der Waals surface area contributed by atoms with Crippen molar-refractivity contribution < 1.29 is 9.47 Å². The molecule has 1 heterocycles. The van der Waals surface area contributed by atoms with Gasteiger partial charge in [0.05, 0.1) is 11.6 Å². The summed E-state index contributed by atoms with van der Waals surface area (Å²) in [6, 6.07) is 0.370.